The first-order valence-electron chi connectivity index (χ1n) is 6.20. The van der Waals surface area contributed by atoms with Gasteiger partial charge in [-0.15, -0.1) is 0 Å². The molecule has 0 radical (unpaired) electrons. The molecule has 0 unspecified atom stereocenters. The molecule has 0 aliphatic carbocycles. The largest absolute Gasteiger partial charge is 0.356 e. The zero-order chi connectivity index (χ0) is 13.9. The molecule has 0 bridgehead atoms. The Balaban J connectivity index is 2.48. The standard InChI is InChI=1S/C15H17NO2S/c1-12-6-5-7-13(10-12)15(11-16)19(17,18)14-8-3-2-4-9-14/h2-10,15H,11,16H2,1H3/p+1/t15-/m0/s1. The maximum Gasteiger partial charge on any atom is 0.190 e. The van der Waals surface area contributed by atoms with Crippen molar-refractivity contribution in [2.45, 2.75) is 17.1 Å². The Morgan fingerprint density at radius 2 is 1.74 bits per heavy atom. The van der Waals surface area contributed by atoms with Gasteiger partial charge in [-0.1, -0.05) is 48.0 Å². The smallest absolute Gasteiger partial charge is 0.190 e. The number of aryl methyl sites for hydroxylation is 1. The van der Waals surface area contributed by atoms with Gasteiger partial charge in [0.15, 0.2) is 9.84 Å². The van der Waals surface area contributed by atoms with Gasteiger partial charge in [0, 0.05) is 0 Å². The average Bonchev–Trinajstić information content (AvgIpc) is 2.40. The molecule has 2 aromatic carbocycles. The van der Waals surface area contributed by atoms with Gasteiger partial charge in [0.25, 0.3) is 0 Å². The van der Waals surface area contributed by atoms with Crippen molar-refractivity contribution < 1.29 is 14.2 Å². The zero-order valence-electron chi connectivity index (χ0n) is 10.9. The second-order valence-electron chi connectivity index (χ2n) is 4.55. The summed E-state index contributed by atoms with van der Waals surface area (Å²) in [6.45, 7) is 2.28. The van der Waals surface area contributed by atoms with E-state index in [0.717, 1.165) is 11.1 Å². The van der Waals surface area contributed by atoms with Crippen LogP contribution >= 0.6 is 0 Å². The van der Waals surface area contributed by atoms with Crippen LogP contribution in [0.3, 0.4) is 0 Å². The molecule has 3 nitrogen and oxygen atoms in total. The molecule has 0 aliphatic rings. The highest BCUT2D eigenvalue weighted by Crippen LogP contribution is 2.27. The van der Waals surface area contributed by atoms with Crippen molar-refractivity contribution in [3.63, 3.8) is 0 Å². The molecule has 19 heavy (non-hydrogen) atoms. The molecule has 0 aromatic heterocycles. The molecule has 0 amide bonds. The van der Waals surface area contributed by atoms with Crippen molar-refractivity contribution in [2.24, 2.45) is 0 Å². The van der Waals surface area contributed by atoms with Gasteiger partial charge in [-0.3, -0.25) is 0 Å². The minimum absolute atomic E-state index is 0.320. The van der Waals surface area contributed by atoms with Crippen molar-refractivity contribution >= 4 is 9.84 Å². The Morgan fingerprint density at radius 1 is 1.05 bits per heavy atom. The number of sulfone groups is 1. The molecule has 2 rings (SSSR count). The van der Waals surface area contributed by atoms with Crippen LogP contribution in [-0.4, -0.2) is 15.0 Å². The topological polar surface area (TPSA) is 61.8 Å². The number of quaternary nitrogens is 1. The van der Waals surface area contributed by atoms with Crippen LogP contribution in [-0.2, 0) is 9.84 Å². The quantitative estimate of drug-likeness (QED) is 0.924. The Labute approximate surface area is 114 Å². The molecule has 4 heteroatoms. The van der Waals surface area contributed by atoms with Crippen molar-refractivity contribution in [3.05, 3.63) is 65.7 Å². The highest BCUT2D eigenvalue weighted by atomic mass is 32.2. The van der Waals surface area contributed by atoms with Crippen LogP contribution in [0.1, 0.15) is 16.4 Å². The van der Waals surface area contributed by atoms with Gasteiger partial charge in [-0.05, 0) is 24.6 Å². The molecule has 0 saturated heterocycles. The van der Waals surface area contributed by atoms with E-state index >= 15 is 0 Å². The first-order chi connectivity index (χ1) is 9.05. The Bertz CT molecular complexity index is 651. The highest BCUT2D eigenvalue weighted by Gasteiger charge is 2.29. The third-order valence-electron chi connectivity index (χ3n) is 3.12. The third kappa shape index (κ3) is 2.85. The van der Waals surface area contributed by atoms with Crippen LogP contribution in [0.4, 0.5) is 0 Å². The number of benzene rings is 2. The van der Waals surface area contributed by atoms with Crippen molar-refractivity contribution in [2.75, 3.05) is 6.54 Å². The van der Waals surface area contributed by atoms with E-state index in [1.807, 2.05) is 37.3 Å². The maximum absolute atomic E-state index is 12.6. The van der Waals surface area contributed by atoms with Gasteiger partial charge in [-0.25, -0.2) is 8.42 Å². The molecule has 3 N–H and O–H groups in total. The van der Waals surface area contributed by atoms with E-state index in [9.17, 15) is 8.42 Å². The Hall–Kier alpha value is -1.65. The summed E-state index contributed by atoms with van der Waals surface area (Å²) in [7, 11) is -3.38. The predicted molar refractivity (Wildman–Crippen MR) is 75.3 cm³/mol. The summed E-state index contributed by atoms with van der Waals surface area (Å²) in [5, 5.41) is -0.588. The van der Waals surface area contributed by atoms with Crippen LogP contribution in [0.2, 0.25) is 0 Å². The molecule has 0 aliphatic heterocycles. The fraction of sp³-hybridized carbons (Fsp3) is 0.200. The van der Waals surface area contributed by atoms with Crippen LogP contribution in [0.15, 0.2) is 59.5 Å². The molecule has 100 valence electrons. The molecule has 0 heterocycles. The molecular formula is C15H18NO2S+. The van der Waals surface area contributed by atoms with Gasteiger partial charge in [0.1, 0.15) is 5.25 Å². The molecule has 0 fully saturated rings. The molecule has 2 aromatic rings. The Morgan fingerprint density at radius 3 is 2.32 bits per heavy atom. The number of hydrogen-bond donors (Lipinski definition) is 1. The minimum Gasteiger partial charge on any atom is -0.356 e. The normalized spacial score (nSPS) is 13.2. The first kappa shape index (κ1) is 13.8. The van der Waals surface area contributed by atoms with Gasteiger partial charge >= 0.3 is 0 Å². The number of rotatable bonds is 4. The fourth-order valence-electron chi connectivity index (χ4n) is 2.15. The lowest BCUT2D eigenvalue weighted by atomic mass is 10.1. The van der Waals surface area contributed by atoms with Gasteiger partial charge < -0.3 is 5.73 Å². The summed E-state index contributed by atoms with van der Waals surface area (Å²) in [6, 6.07) is 16.2. The average molecular weight is 276 g/mol. The molecular weight excluding hydrogens is 258 g/mol. The van der Waals surface area contributed by atoms with Gasteiger partial charge in [-0.2, -0.15) is 0 Å². The first-order valence-corrected chi connectivity index (χ1v) is 7.75. The second kappa shape index (κ2) is 5.55. The lowest BCUT2D eigenvalue weighted by Crippen LogP contribution is -2.54. The van der Waals surface area contributed by atoms with E-state index in [1.54, 1.807) is 24.3 Å². The third-order valence-corrected chi connectivity index (χ3v) is 5.31. The lowest BCUT2D eigenvalue weighted by molar-refractivity contribution is -0.367. The summed E-state index contributed by atoms with van der Waals surface area (Å²) in [5.41, 5.74) is 5.66. The van der Waals surface area contributed by atoms with Crippen molar-refractivity contribution in [1.29, 1.82) is 0 Å². The fourth-order valence-corrected chi connectivity index (χ4v) is 3.83. The van der Waals surface area contributed by atoms with Crippen molar-refractivity contribution in [3.8, 4) is 0 Å². The van der Waals surface area contributed by atoms with E-state index in [2.05, 4.69) is 5.73 Å². The van der Waals surface area contributed by atoms with E-state index in [-0.39, 0.29) is 0 Å². The maximum atomic E-state index is 12.6. The summed E-state index contributed by atoms with van der Waals surface area (Å²) >= 11 is 0. The van der Waals surface area contributed by atoms with E-state index in [4.69, 9.17) is 0 Å². The second-order valence-corrected chi connectivity index (χ2v) is 6.68. The van der Waals surface area contributed by atoms with Crippen molar-refractivity contribution in [1.82, 2.24) is 0 Å². The SMILES string of the molecule is Cc1cccc([C@H](C[NH3+])S(=O)(=O)c2ccccc2)c1. The summed E-state index contributed by atoms with van der Waals surface area (Å²) in [5.74, 6) is 0. The minimum atomic E-state index is -3.38. The summed E-state index contributed by atoms with van der Waals surface area (Å²) < 4.78 is 25.3. The van der Waals surface area contributed by atoms with Gasteiger partial charge in [0.2, 0.25) is 0 Å². The predicted octanol–water partition coefficient (Wildman–Crippen LogP) is 1.75. The molecule has 0 saturated carbocycles. The lowest BCUT2D eigenvalue weighted by Gasteiger charge is -2.15. The highest BCUT2D eigenvalue weighted by molar-refractivity contribution is 7.91. The van der Waals surface area contributed by atoms with Crippen LogP contribution in [0, 0.1) is 6.92 Å². The summed E-state index contributed by atoms with van der Waals surface area (Å²) in [4.78, 5) is 0.352. The monoisotopic (exact) mass is 276 g/mol. The molecule has 1 atom stereocenters. The van der Waals surface area contributed by atoms with Crippen LogP contribution < -0.4 is 5.73 Å². The zero-order valence-corrected chi connectivity index (χ0v) is 11.7. The van der Waals surface area contributed by atoms with E-state index in [1.165, 1.54) is 0 Å². The van der Waals surface area contributed by atoms with E-state index in [0.29, 0.717) is 11.4 Å². The molecule has 0 spiro atoms. The van der Waals surface area contributed by atoms with Crippen LogP contribution in [0.25, 0.3) is 0 Å². The number of hydrogen-bond acceptors (Lipinski definition) is 2. The van der Waals surface area contributed by atoms with Crippen LogP contribution in [0.5, 0.6) is 0 Å². The van der Waals surface area contributed by atoms with E-state index < -0.39 is 15.1 Å². The Kier molecular flexibility index (Phi) is 4.02. The summed E-state index contributed by atoms with van der Waals surface area (Å²) in [6.07, 6.45) is 0. The van der Waals surface area contributed by atoms with Gasteiger partial charge in [0.05, 0.1) is 11.4 Å².